The fourth-order valence-electron chi connectivity index (χ4n) is 0.694. The molecule has 0 radical (unpaired) electrons. The molecular formula is C8H19N3O2. The number of nitrogens with zero attached hydrogens (tertiary/aromatic N) is 1. The van der Waals surface area contributed by atoms with E-state index in [-0.39, 0.29) is 6.03 Å². The molecule has 0 aromatic rings. The van der Waals surface area contributed by atoms with Crippen LogP contribution in [0.1, 0.15) is 6.92 Å². The number of nitrogens with two attached hydrogens (primary N) is 1. The molecule has 0 aromatic carbocycles. The van der Waals surface area contributed by atoms with E-state index in [0.29, 0.717) is 32.8 Å². The molecule has 13 heavy (non-hydrogen) atoms. The van der Waals surface area contributed by atoms with Crippen LogP contribution < -0.4 is 11.1 Å². The first-order valence-electron chi connectivity index (χ1n) is 4.49. The second kappa shape index (κ2) is 7.82. The lowest BCUT2D eigenvalue weighted by Crippen LogP contribution is -2.38. The van der Waals surface area contributed by atoms with Gasteiger partial charge in [0.2, 0.25) is 0 Å². The van der Waals surface area contributed by atoms with Crippen molar-refractivity contribution >= 4 is 6.03 Å². The minimum atomic E-state index is -0.0705. The molecule has 5 nitrogen and oxygen atoms in total. The standard InChI is InChI=1S/C8H19N3O2/c1-3-11(2)8(12)10-5-7-13-6-4-9/h3-7,9H2,1-2H3,(H,10,12). The van der Waals surface area contributed by atoms with E-state index < -0.39 is 0 Å². The Kier molecular flexibility index (Phi) is 7.33. The Hall–Kier alpha value is -0.810. The van der Waals surface area contributed by atoms with Gasteiger partial charge < -0.3 is 20.7 Å². The topological polar surface area (TPSA) is 67.6 Å². The van der Waals surface area contributed by atoms with Gasteiger partial charge in [0.15, 0.2) is 0 Å². The average molecular weight is 189 g/mol. The molecule has 0 aromatic heterocycles. The van der Waals surface area contributed by atoms with Crippen molar-refractivity contribution in [2.75, 3.05) is 39.9 Å². The first kappa shape index (κ1) is 12.2. The van der Waals surface area contributed by atoms with Gasteiger partial charge in [-0.3, -0.25) is 0 Å². The molecule has 0 heterocycles. The van der Waals surface area contributed by atoms with Crippen LogP contribution in [-0.4, -0.2) is 50.8 Å². The van der Waals surface area contributed by atoms with Gasteiger partial charge in [0, 0.05) is 26.7 Å². The molecule has 0 unspecified atom stereocenters. The molecule has 0 aliphatic rings. The molecule has 5 heteroatoms. The molecule has 3 N–H and O–H groups in total. The van der Waals surface area contributed by atoms with E-state index in [0.717, 1.165) is 0 Å². The largest absolute Gasteiger partial charge is 0.378 e. The van der Waals surface area contributed by atoms with Crippen molar-refractivity contribution in [2.45, 2.75) is 6.92 Å². The SMILES string of the molecule is CCN(C)C(=O)NCCOCCN. The summed E-state index contributed by atoms with van der Waals surface area (Å²) in [4.78, 5) is 12.7. The predicted molar refractivity (Wildman–Crippen MR) is 51.6 cm³/mol. The Morgan fingerprint density at radius 3 is 2.77 bits per heavy atom. The molecule has 0 saturated heterocycles. The number of ether oxygens (including phenoxy) is 1. The van der Waals surface area contributed by atoms with Gasteiger partial charge in [0.05, 0.1) is 13.2 Å². The third-order valence-electron chi connectivity index (χ3n) is 1.61. The van der Waals surface area contributed by atoms with Crippen LogP contribution >= 0.6 is 0 Å². The van der Waals surface area contributed by atoms with E-state index in [1.807, 2.05) is 6.92 Å². The van der Waals surface area contributed by atoms with Crippen molar-refractivity contribution in [3.8, 4) is 0 Å². The Balaban J connectivity index is 3.27. The van der Waals surface area contributed by atoms with Gasteiger partial charge >= 0.3 is 6.03 Å². The third-order valence-corrected chi connectivity index (χ3v) is 1.61. The number of urea groups is 1. The summed E-state index contributed by atoms with van der Waals surface area (Å²) in [6.07, 6.45) is 0. The molecule has 0 aliphatic heterocycles. The van der Waals surface area contributed by atoms with Crippen molar-refractivity contribution in [1.82, 2.24) is 10.2 Å². The van der Waals surface area contributed by atoms with Crippen LogP contribution in [0.3, 0.4) is 0 Å². The maximum absolute atomic E-state index is 11.1. The van der Waals surface area contributed by atoms with E-state index >= 15 is 0 Å². The van der Waals surface area contributed by atoms with Crippen LogP contribution in [-0.2, 0) is 4.74 Å². The van der Waals surface area contributed by atoms with E-state index in [1.54, 1.807) is 11.9 Å². The highest BCUT2D eigenvalue weighted by Gasteiger charge is 2.03. The number of hydrogen-bond donors (Lipinski definition) is 2. The zero-order valence-electron chi connectivity index (χ0n) is 8.38. The summed E-state index contributed by atoms with van der Waals surface area (Å²) in [7, 11) is 1.75. The summed E-state index contributed by atoms with van der Waals surface area (Å²) in [5.41, 5.74) is 5.22. The van der Waals surface area contributed by atoms with E-state index in [1.165, 1.54) is 0 Å². The Bertz CT molecular complexity index is 141. The van der Waals surface area contributed by atoms with Gasteiger partial charge in [-0.25, -0.2) is 4.79 Å². The minimum absolute atomic E-state index is 0.0705. The molecule has 0 aliphatic carbocycles. The number of hydrogen-bond acceptors (Lipinski definition) is 3. The predicted octanol–water partition coefficient (Wildman–Crippen LogP) is -0.377. The summed E-state index contributed by atoms with van der Waals surface area (Å²) in [5, 5.41) is 2.71. The number of rotatable bonds is 6. The number of amides is 2. The lowest BCUT2D eigenvalue weighted by molar-refractivity contribution is 0.141. The normalized spacial score (nSPS) is 9.77. The molecule has 0 spiro atoms. The quantitative estimate of drug-likeness (QED) is 0.560. The van der Waals surface area contributed by atoms with Crippen LogP contribution in [0.4, 0.5) is 4.79 Å². The molecule has 2 amide bonds. The number of carbonyl (C=O) groups excluding carboxylic acids is 1. The second-order valence-corrected chi connectivity index (χ2v) is 2.65. The van der Waals surface area contributed by atoms with Crippen LogP contribution in [0.25, 0.3) is 0 Å². The van der Waals surface area contributed by atoms with Crippen LogP contribution in [0.5, 0.6) is 0 Å². The summed E-state index contributed by atoms with van der Waals surface area (Å²) >= 11 is 0. The van der Waals surface area contributed by atoms with Gasteiger partial charge in [-0.05, 0) is 6.92 Å². The summed E-state index contributed by atoms with van der Waals surface area (Å²) in [6.45, 7) is 4.73. The van der Waals surface area contributed by atoms with Gasteiger partial charge in [0.25, 0.3) is 0 Å². The third kappa shape index (κ3) is 6.36. The monoisotopic (exact) mass is 189 g/mol. The van der Waals surface area contributed by atoms with Gasteiger partial charge in [-0.2, -0.15) is 0 Å². The van der Waals surface area contributed by atoms with E-state index in [4.69, 9.17) is 10.5 Å². The first-order valence-corrected chi connectivity index (χ1v) is 4.49. The average Bonchev–Trinajstić information content (AvgIpc) is 2.16. The molecule has 78 valence electrons. The highest BCUT2D eigenvalue weighted by Crippen LogP contribution is 1.81. The van der Waals surface area contributed by atoms with E-state index in [2.05, 4.69) is 5.32 Å². The van der Waals surface area contributed by atoms with Gasteiger partial charge in [-0.15, -0.1) is 0 Å². The summed E-state index contributed by atoms with van der Waals surface area (Å²) in [6, 6.07) is -0.0705. The summed E-state index contributed by atoms with van der Waals surface area (Å²) < 4.78 is 5.09. The molecule has 0 bridgehead atoms. The van der Waals surface area contributed by atoms with Crippen LogP contribution in [0.15, 0.2) is 0 Å². The fraction of sp³-hybridized carbons (Fsp3) is 0.875. The molecular weight excluding hydrogens is 170 g/mol. The Morgan fingerprint density at radius 1 is 1.54 bits per heavy atom. The van der Waals surface area contributed by atoms with Gasteiger partial charge in [0.1, 0.15) is 0 Å². The molecule has 0 saturated carbocycles. The van der Waals surface area contributed by atoms with Crippen molar-refractivity contribution in [2.24, 2.45) is 5.73 Å². The Labute approximate surface area is 79.2 Å². The highest BCUT2D eigenvalue weighted by molar-refractivity contribution is 5.73. The van der Waals surface area contributed by atoms with Gasteiger partial charge in [-0.1, -0.05) is 0 Å². The van der Waals surface area contributed by atoms with E-state index in [9.17, 15) is 4.79 Å². The van der Waals surface area contributed by atoms with Crippen LogP contribution in [0.2, 0.25) is 0 Å². The van der Waals surface area contributed by atoms with Crippen molar-refractivity contribution < 1.29 is 9.53 Å². The first-order chi connectivity index (χ1) is 6.22. The smallest absolute Gasteiger partial charge is 0.317 e. The highest BCUT2D eigenvalue weighted by atomic mass is 16.5. The Morgan fingerprint density at radius 2 is 2.23 bits per heavy atom. The molecule has 0 fully saturated rings. The van der Waals surface area contributed by atoms with Crippen molar-refractivity contribution in [3.05, 3.63) is 0 Å². The maximum atomic E-state index is 11.1. The molecule has 0 atom stereocenters. The zero-order chi connectivity index (χ0) is 10.1. The lowest BCUT2D eigenvalue weighted by Gasteiger charge is -2.15. The lowest BCUT2D eigenvalue weighted by atomic mass is 10.6. The van der Waals surface area contributed by atoms with Crippen molar-refractivity contribution in [3.63, 3.8) is 0 Å². The summed E-state index contributed by atoms with van der Waals surface area (Å²) in [5.74, 6) is 0. The maximum Gasteiger partial charge on any atom is 0.317 e. The number of nitrogens with one attached hydrogen (secondary N) is 1. The zero-order valence-corrected chi connectivity index (χ0v) is 8.38. The number of carbonyl (C=O) groups is 1. The second-order valence-electron chi connectivity index (χ2n) is 2.65. The molecule has 0 rings (SSSR count). The van der Waals surface area contributed by atoms with Crippen LogP contribution in [0, 0.1) is 0 Å². The fourth-order valence-corrected chi connectivity index (χ4v) is 0.694. The minimum Gasteiger partial charge on any atom is -0.378 e. The van der Waals surface area contributed by atoms with Crippen molar-refractivity contribution in [1.29, 1.82) is 0 Å².